The van der Waals surface area contributed by atoms with E-state index in [-0.39, 0.29) is 11.8 Å². The highest BCUT2D eigenvalue weighted by Crippen LogP contribution is 2.32. The van der Waals surface area contributed by atoms with Gasteiger partial charge in [-0.3, -0.25) is 14.5 Å². The fourth-order valence-electron chi connectivity index (χ4n) is 4.32. The molecule has 1 aromatic heterocycles. The minimum atomic E-state index is -0.649. The normalized spacial score (nSPS) is 19.9. The van der Waals surface area contributed by atoms with E-state index in [2.05, 4.69) is 11.0 Å². The lowest BCUT2D eigenvalue weighted by molar-refractivity contribution is -0.136. The molecule has 1 saturated heterocycles. The van der Waals surface area contributed by atoms with E-state index >= 15 is 0 Å². The van der Waals surface area contributed by atoms with Crippen LogP contribution in [0.2, 0.25) is 0 Å². The first kappa shape index (κ1) is 20.4. The quantitative estimate of drug-likeness (QED) is 0.793. The molecule has 2 amide bonds. The molecule has 0 atom stereocenters. The van der Waals surface area contributed by atoms with Gasteiger partial charge in [-0.15, -0.1) is 0 Å². The van der Waals surface area contributed by atoms with E-state index in [0.29, 0.717) is 44.0 Å². The summed E-state index contributed by atoms with van der Waals surface area (Å²) >= 11 is 0. The molecule has 7 nitrogen and oxygen atoms in total. The van der Waals surface area contributed by atoms with E-state index in [9.17, 15) is 14.9 Å². The molecule has 1 aliphatic carbocycles. The number of likely N-dealkylation sites (N-methyl/N-ethyl adjacent to an activating group) is 1. The van der Waals surface area contributed by atoms with Gasteiger partial charge in [0.25, 0.3) is 5.91 Å². The molecule has 1 aliphatic heterocycles. The van der Waals surface area contributed by atoms with Gasteiger partial charge in [0.2, 0.25) is 5.91 Å². The first-order chi connectivity index (χ1) is 13.4. The Morgan fingerprint density at radius 1 is 1.18 bits per heavy atom. The minimum Gasteiger partial charge on any atom is -0.466 e. The van der Waals surface area contributed by atoms with Crippen LogP contribution in [0.5, 0.6) is 0 Å². The predicted octanol–water partition coefficient (Wildman–Crippen LogP) is 2.34. The molecule has 152 valence electrons. The van der Waals surface area contributed by atoms with Gasteiger partial charge >= 0.3 is 0 Å². The number of rotatable bonds is 4. The summed E-state index contributed by atoms with van der Waals surface area (Å²) in [5.74, 6) is 1.37. The van der Waals surface area contributed by atoms with Gasteiger partial charge in [-0.25, -0.2) is 0 Å². The van der Waals surface area contributed by atoms with Crippen molar-refractivity contribution in [2.75, 3.05) is 39.8 Å². The first-order valence-corrected chi connectivity index (χ1v) is 10.1. The number of nitrogens with zero attached hydrogens (tertiary/aromatic N) is 4. The van der Waals surface area contributed by atoms with Gasteiger partial charge in [0.05, 0.1) is 18.2 Å². The Kier molecular flexibility index (Phi) is 6.09. The number of carbonyl (C=O) groups excluding carboxylic acids is 2. The van der Waals surface area contributed by atoms with Crippen LogP contribution in [-0.4, -0.2) is 71.8 Å². The molecule has 28 heavy (non-hydrogen) atoms. The Bertz CT molecular complexity index is 765. The van der Waals surface area contributed by atoms with Crippen LogP contribution in [0.3, 0.4) is 0 Å². The molecule has 0 radical (unpaired) electrons. The van der Waals surface area contributed by atoms with E-state index in [1.165, 1.54) is 0 Å². The van der Waals surface area contributed by atoms with Gasteiger partial charge in [0.15, 0.2) is 0 Å². The molecule has 0 N–H and O–H groups in total. The van der Waals surface area contributed by atoms with E-state index in [1.54, 1.807) is 24.9 Å². The van der Waals surface area contributed by atoms with Gasteiger partial charge in [-0.2, -0.15) is 5.26 Å². The number of aryl methyl sites for hydroxylation is 2. The Morgan fingerprint density at radius 3 is 2.36 bits per heavy atom. The van der Waals surface area contributed by atoms with Crippen molar-refractivity contribution in [3.63, 3.8) is 0 Å². The Balaban J connectivity index is 1.54. The zero-order valence-electron chi connectivity index (χ0n) is 17.2. The average molecular weight is 386 g/mol. The van der Waals surface area contributed by atoms with Crippen LogP contribution in [-0.2, 0) is 4.79 Å². The Morgan fingerprint density at radius 2 is 1.82 bits per heavy atom. The second-order valence-electron chi connectivity index (χ2n) is 8.05. The number of carbonyl (C=O) groups is 2. The molecular weight excluding hydrogens is 356 g/mol. The van der Waals surface area contributed by atoms with Gasteiger partial charge in [-0.1, -0.05) is 19.3 Å². The smallest absolute Gasteiger partial charge is 0.257 e. The van der Waals surface area contributed by atoms with Gasteiger partial charge in [0, 0.05) is 33.2 Å². The van der Waals surface area contributed by atoms with Crippen molar-refractivity contribution in [3.8, 4) is 6.07 Å². The fourth-order valence-corrected chi connectivity index (χ4v) is 4.32. The number of furan rings is 1. The molecule has 3 rings (SSSR count). The number of nitriles is 1. The summed E-state index contributed by atoms with van der Waals surface area (Å²) in [5.41, 5.74) is -0.0286. The Hall–Kier alpha value is -2.33. The largest absolute Gasteiger partial charge is 0.466 e. The van der Waals surface area contributed by atoms with Crippen molar-refractivity contribution in [3.05, 3.63) is 23.2 Å². The maximum atomic E-state index is 12.8. The summed E-state index contributed by atoms with van der Waals surface area (Å²) in [6.45, 7) is 6.42. The topological polar surface area (TPSA) is 80.8 Å². The highest BCUT2D eigenvalue weighted by atomic mass is 16.3. The molecule has 0 bridgehead atoms. The maximum absolute atomic E-state index is 12.8. The number of amides is 2. The van der Waals surface area contributed by atoms with Crippen LogP contribution in [0.25, 0.3) is 0 Å². The van der Waals surface area contributed by atoms with Gasteiger partial charge in [-0.05, 0) is 32.8 Å². The highest BCUT2D eigenvalue weighted by Gasteiger charge is 2.39. The van der Waals surface area contributed by atoms with Gasteiger partial charge < -0.3 is 14.2 Å². The molecule has 0 aromatic carbocycles. The molecule has 2 heterocycles. The molecule has 0 unspecified atom stereocenters. The lowest BCUT2D eigenvalue weighted by Crippen LogP contribution is -2.55. The second-order valence-corrected chi connectivity index (χ2v) is 8.05. The van der Waals surface area contributed by atoms with Crippen molar-refractivity contribution in [2.24, 2.45) is 0 Å². The molecule has 0 spiro atoms. The number of piperazine rings is 1. The second kappa shape index (κ2) is 8.36. The van der Waals surface area contributed by atoms with Crippen molar-refractivity contribution in [1.29, 1.82) is 5.26 Å². The molecular formula is C21H30N4O3. The summed E-state index contributed by atoms with van der Waals surface area (Å²) in [7, 11) is 1.76. The van der Waals surface area contributed by atoms with E-state index in [1.807, 2.05) is 11.8 Å². The third kappa shape index (κ3) is 4.07. The van der Waals surface area contributed by atoms with Crippen molar-refractivity contribution in [2.45, 2.75) is 51.5 Å². The molecule has 1 saturated carbocycles. The highest BCUT2D eigenvalue weighted by molar-refractivity contribution is 5.95. The molecule has 2 fully saturated rings. The zero-order chi connectivity index (χ0) is 20.3. The summed E-state index contributed by atoms with van der Waals surface area (Å²) in [4.78, 5) is 31.1. The first-order valence-electron chi connectivity index (χ1n) is 10.1. The van der Waals surface area contributed by atoms with Crippen LogP contribution in [0.15, 0.2) is 10.5 Å². The van der Waals surface area contributed by atoms with Crippen LogP contribution in [0.4, 0.5) is 0 Å². The van der Waals surface area contributed by atoms with E-state index in [4.69, 9.17) is 4.42 Å². The number of hydrogen-bond donors (Lipinski definition) is 0. The van der Waals surface area contributed by atoms with Crippen LogP contribution >= 0.6 is 0 Å². The monoisotopic (exact) mass is 386 g/mol. The third-order valence-electron chi connectivity index (χ3n) is 6.19. The lowest BCUT2D eigenvalue weighted by Gasteiger charge is -2.41. The summed E-state index contributed by atoms with van der Waals surface area (Å²) in [6.07, 6.45) is 4.66. The van der Waals surface area contributed by atoms with Crippen molar-refractivity contribution < 1.29 is 14.0 Å². The SMILES string of the molecule is Cc1cc(C(=O)N2CCN(CC(=O)N(C)C3(C#N)CCCCC3)CC2)c(C)o1. The van der Waals surface area contributed by atoms with Gasteiger partial charge in [0.1, 0.15) is 17.1 Å². The predicted molar refractivity (Wildman–Crippen MR) is 105 cm³/mol. The maximum Gasteiger partial charge on any atom is 0.257 e. The van der Waals surface area contributed by atoms with Crippen LogP contribution < -0.4 is 0 Å². The molecule has 1 aromatic rings. The average Bonchev–Trinajstić information content (AvgIpc) is 3.05. The standard InChI is InChI=1S/C21H30N4O3/c1-16-13-18(17(2)28-16)20(27)25-11-9-24(10-12-25)14-19(26)23(3)21(15-22)7-5-4-6-8-21/h13H,4-12,14H2,1-3H3. The molecule has 7 heteroatoms. The summed E-state index contributed by atoms with van der Waals surface area (Å²) in [5, 5.41) is 9.69. The lowest BCUT2D eigenvalue weighted by atomic mass is 9.81. The van der Waals surface area contributed by atoms with Crippen molar-refractivity contribution in [1.82, 2.24) is 14.7 Å². The Labute approximate surface area is 166 Å². The van der Waals surface area contributed by atoms with Crippen LogP contribution in [0.1, 0.15) is 54.0 Å². The third-order valence-corrected chi connectivity index (χ3v) is 6.19. The van der Waals surface area contributed by atoms with Crippen molar-refractivity contribution >= 4 is 11.8 Å². The van der Waals surface area contributed by atoms with E-state index in [0.717, 1.165) is 37.9 Å². The number of hydrogen-bond acceptors (Lipinski definition) is 5. The van der Waals surface area contributed by atoms with E-state index < -0.39 is 5.54 Å². The minimum absolute atomic E-state index is 0.00969. The molecule has 2 aliphatic rings. The van der Waals surface area contributed by atoms with Crippen LogP contribution in [0, 0.1) is 25.2 Å². The summed E-state index contributed by atoms with van der Waals surface area (Å²) < 4.78 is 5.47. The zero-order valence-corrected chi connectivity index (χ0v) is 17.2. The summed E-state index contributed by atoms with van der Waals surface area (Å²) in [6, 6.07) is 4.19. The fraction of sp³-hybridized carbons (Fsp3) is 0.667.